The van der Waals surface area contributed by atoms with Gasteiger partial charge in [0.15, 0.2) is 0 Å². The van der Waals surface area contributed by atoms with Crippen LogP contribution < -0.4 is 10.1 Å². The van der Waals surface area contributed by atoms with Gasteiger partial charge in [-0.1, -0.05) is 30.3 Å². The van der Waals surface area contributed by atoms with Crippen LogP contribution in [0.15, 0.2) is 59.0 Å². The fraction of sp³-hybridized carbons (Fsp3) is 0.167. The van der Waals surface area contributed by atoms with Crippen molar-refractivity contribution in [3.63, 3.8) is 0 Å². The standard InChI is InChI=1S/C18H17N3O3/c1-23-15-9-5-6-13(10-15)11-16(22)19-12-17-20-21-18(24-17)14-7-3-2-4-8-14/h2-10H,11-12H2,1H3,(H,19,22). The van der Waals surface area contributed by atoms with Gasteiger partial charge in [-0.25, -0.2) is 0 Å². The van der Waals surface area contributed by atoms with E-state index in [1.807, 2.05) is 54.6 Å². The van der Waals surface area contributed by atoms with Crippen LogP contribution in [-0.2, 0) is 17.8 Å². The molecule has 1 amide bonds. The quantitative estimate of drug-likeness (QED) is 0.754. The molecular formula is C18H17N3O3. The Bertz CT molecular complexity index is 815. The second kappa shape index (κ2) is 7.41. The zero-order valence-electron chi connectivity index (χ0n) is 13.2. The van der Waals surface area contributed by atoms with Gasteiger partial charge in [0.1, 0.15) is 5.75 Å². The van der Waals surface area contributed by atoms with E-state index in [2.05, 4.69) is 15.5 Å². The Morgan fingerprint density at radius 3 is 2.75 bits per heavy atom. The number of carbonyl (C=O) groups excluding carboxylic acids is 1. The minimum absolute atomic E-state index is 0.122. The van der Waals surface area contributed by atoms with E-state index in [-0.39, 0.29) is 18.9 Å². The van der Waals surface area contributed by atoms with Crippen LogP contribution in [0.25, 0.3) is 11.5 Å². The van der Waals surface area contributed by atoms with Gasteiger partial charge < -0.3 is 14.5 Å². The Labute approximate surface area is 139 Å². The van der Waals surface area contributed by atoms with Crippen LogP contribution in [-0.4, -0.2) is 23.2 Å². The van der Waals surface area contributed by atoms with Crippen LogP contribution in [0.2, 0.25) is 0 Å². The van der Waals surface area contributed by atoms with Crippen molar-refractivity contribution in [1.29, 1.82) is 0 Å². The lowest BCUT2D eigenvalue weighted by molar-refractivity contribution is -0.120. The molecule has 0 aliphatic carbocycles. The maximum Gasteiger partial charge on any atom is 0.247 e. The van der Waals surface area contributed by atoms with E-state index in [1.54, 1.807) is 7.11 Å². The van der Waals surface area contributed by atoms with Crippen molar-refractivity contribution in [3.05, 3.63) is 66.1 Å². The Morgan fingerprint density at radius 1 is 1.12 bits per heavy atom. The number of nitrogens with one attached hydrogen (secondary N) is 1. The fourth-order valence-corrected chi connectivity index (χ4v) is 2.23. The molecule has 0 bridgehead atoms. The molecule has 0 spiro atoms. The average molecular weight is 323 g/mol. The highest BCUT2D eigenvalue weighted by Gasteiger charge is 2.10. The van der Waals surface area contributed by atoms with Gasteiger partial charge >= 0.3 is 0 Å². The fourth-order valence-electron chi connectivity index (χ4n) is 2.23. The molecule has 3 aromatic rings. The van der Waals surface area contributed by atoms with Gasteiger partial charge in [0, 0.05) is 5.56 Å². The minimum Gasteiger partial charge on any atom is -0.497 e. The number of rotatable bonds is 6. The molecular weight excluding hydrogens is 306 g/mol. The molecule has 0 unspecified atom stereocenters. The number of hydrogen-bond donors (Lipinski definition) is 1. The Hall–Kier alpha value is -3.15. The maximum atomic E-state index is 12.0. The number of amides is 1. The summed E-state index contributed by atoms with van der Waals surface area (Å²) in [4.78, 5) is 12.0. The molecule has 24 heavy (non-hydrogen) atoms. The van der Waals surface area contributed by atoms with Crippen LogP contribution in [0.4, 0.5) is 0 Å². The molecule has 3 rings (SSSR count). The van der Waals surface area contributed by atoms with Crippen molar-refractivity contribution in [3.8, 4) is 17.2 Å². The predicted octanol–water partition coefficient (Wildman–Crippen LogP) is 2.60. The van der Waals surface area contributed by atoms with Crippen molar-refractivity contribution in [2.75, 3.05) is 7.11 Å². The van der Waals surface area contributed by atoms with E-state index >= 15 is 0 Å². The summed E-state index contributed by atoms with van der Waals surface area (Å²) in [7, 11) is 1.60. The third kappa shape index (κ3) is 3.98. The zero-order chi connectivity index (χ0) is 16.8. The highest BCUT2D eigenvalue weighted by molar-refractivity contribution is 5.78. The normalized spacial score (nSPS) is 10.4. The summed E-state index contributed by atoms with van der Waals surface area (Å²) in [6.45, 7) is 0.197. The summed E-state index contributed by atoms with van der Waals surface area (Å²) in [5.74, 6) is 1.41. The third-order valence-electron chi connectivity index (χ3n) is 3.42. The van der Waals surface area contributed by atoms with E-state index < -0.39 is 0 Å². The largest absolute Gasteiger partial charge is 0.497 e. The van der Waals surface area contributed by atoms with Gasteiger partial charge in [0.2, 0.25) is 17.7 Å². The maximum absolute atomic E-state index is 12.0. The van der Waals surface area contributed by atoms with Gasteiger partial charge in [-0.3, -0.25) is 4.79 Å². The van der Waals surface area contributed by atoms with Crippen LogP contribution in [0.5, 0.6) is 5.75 Å². The van der Waals surface area contributed by atoms with E-state index in [4.69, 9.17) is 9.15 Å². The Morgan fingerprint density at radius 2 is 1.96 bits per heavy atom. The van der Waals surface area contributed by atoms with Crippen molar-refractivity contribution < 1.29 is 13.9 Å². The molecule has 1 heterocycles. The first-order valence-electron chi connectivity index (χ1n) is 7.52. The SMILES string of the molecule is COc1cccc(CC(=O)NCc2nnc(-c3ccccc3)o2)c1. The summed E-state index contributed by atoms with van der Waals surface area (Å²) in [6.07, 6.45) is 0.261. The molecule has 0 saturated heterocycles. The van der Waals surface area contributed by atoms with Crippen molar-refractivity contribution in [2.24, 2.45) is 0 Å². The van der Waals surface area contributed by atoms with Crippen molar-refractivity contribution in [1.82, 2.24) is 15.5 Å². The molecule has 0 aliphatic heterocycles. The molecule has 0 radical (unpaired) electrons. The van der Waals surface area contributed by atoms with E-state index in [0.29, 0.717) is 11.8 Å². The lowest BCUT2D eigenvalue weighted by atomic mass is 10.1. The number of carbonyl (C=O) groups is 1. The molecule has 0 aliphatic rings. The van der Waals surface area contributed by atoms with Crippen LogP contribution in [0, 0.1) is 0 Å². The van der Waals surface area contributed by atoms with Crippen molar-refractivity contribution in [2.45, 2.75) is 13.0 Å². The average Bonchev–Trinajstić information content (AvgIpc) is 3.10. The number of benzene rings is 2. The van der Waals surface area contributed by atoms with Crippen LogP contribution in [0.3, 0.4) is 0 Å². The van der Waals surface area contributed by atoms with E-state index in [1.165, 1.54) is 0 Å². The third-order valence-corrected chi connectivity index (χ3v) is 3.42. The van der Waals surface area contributed by atoms with E-state index in [9.17, 15) is 4.79 Å². The molecule has 122 valence electrons. The number of methoxy groups -OCH3 is 1. The van der Waals surface area contributed by atoms with Gasteiger partial charge in [0.25, 0.3) is 0 Å². The molecule has 0 atom stereocenters. The molecule has 2 aromatic carbocycles. The zero-order valence-corrected chi connectivity index (χ0v) is 13.2. The first-order valence-corrected chi connectivity index (χ1v) is 7.52. The molecule has 1 N–H and O–H groups in total. The number of nitrogens with zero attached hydrogens (tertiary/aromatic N) is 2. The van der Waals surface area contributed by atoms with Crippen LogP contribution in [0.1, 0.15) is 11.5 Å². The monoisotopic (exact) mass is 323 g/mol. The summed E-state index contributed by atoms with van der Waals surface area (Å²) >= 11 is 0. The van der Waals surface area contributed by atoms with Gasteiger partial charge in [-0.2, -0.15) is 0 Å². The van der Waals surface area contributed by atoms with E-state index in [0.717, 1.165) is 16.9 Å². The number of hydrogen-bond acceptors (Lipinski definition) is 5. The van der Waals surface area contributed by atoms with Gasteiger partial charge in [-0.15, -0.1) is 10.2 Å². The highest BCUT2D eigenvalue weighted by atomic mass is 16.5. The smallest absolute Gasteiger partial charge is 0.247 e. The van der Waals surface area contributed by atoms with Crippen molar-refractivity contribution >= 4 is 5.91 Å². The topological polar surface area (TPSA) is 77.2 Å². The molecule has 6 heteroatoms. The lowest BCUT2D eigenvalue weighted by Gasteiger charge is -2.05. The molecule has 0 fully saturated rings. The summed E-state index contributed by atoms with van der Waals surface area (Å²) in [5, 5.41) is 10.7. The minimum atomic E-state index is -0.122. The summed E-state index contributed by atoms with van der Waals surface area (Å²) in [6, 6.07) is 16.9. The lowest BCUT2D eigenvalue weighted by Crippen LogP contribution is -2.24. The number of aromatic nitrogens is 2. The van der Waals surface area contributed by atoms with Gasteiger partial charge in [-0.05, 0) is 29.8 Å². The Balaban J connectivity index is 1.56. The Kier molecular flexibility index (Phi) is 4.86. The second-order valence-corrected chi connectivity index (χ2v) is 5.17. The summed E-state index contributed by atoms with van der Waals surface area (Å²) < 4.78 is 10.7. The first kappa shape index (κ1) is 15.7. The first-order chi connectivity index (χ1) is 11.7. The molecule has 1 aromatic heterocycles. The highest BCUT2D eigenvalue weighted by Crippen LogP contribution is 2.17. The molecule has 6 nitrogen and oxygen atoms in total. The second-order valence-electron chi connectivity index (χ2n) is 5.17. The number of ether oxygens (including phenoxy) is 1. The predicted molar refractivity (Wildman–Crippen MR) is 88.3 cm³/mol. The summed E-state index contributed by atoms with van der Waals surface area (Å²) in [5.41, 5.74) is 1.72. The molecule has 0 saturated carbocycles. The van der Waals surface area contributed by atoms with Crippen LogP contribution >= 0.6 is 0 Å². The van der Waals surface area contributed by atoms with Gasteiger partial charge in [0.05, 0.1) is 20.1 Å².